The highest BCUT2D eigenvalue weighted by Gasteiger charge is 2.42. The highest BCUT2D eigenvalue weighted by Crippen LogP contribution is 2.42. The third-order valence-corrected chi connectivity index (χ3v) is 3.69. The van der Waals surface area contributed by atoms with Crippen LogP contribution in [0.1, 0.15) is 39.0 Å². The number of amides is 1. The Labute approximate surface area is 97.1 Å². The fourth-order valence-corrected chi connectivity index (χ4v) is 2.64. The molecular formula is C12H22N2O2. The molecule has 1 heterocycles. The summed E-state index contributed by atoms with van der Waals surface area (Å²) >= 11 is 0. The number of rotatable bonds is 4. The molecule has 2 N–H and O–H groups in total. The molecular weight excluding hydrogens is 204 g/mol. The number of carbonyl (C=O) groups excluding carboxylic acids is 1. The molecule has 1 saturated heterocycles. The molecule has 1 amide bonds. The van der Waals surface area contributed by atoms with Gasteiger partial charge in [-0.2, -0.15) is 0 Å². The van der Waals surface area contributed by atoms with Gasteiger partial charge in [0.15, 0.2) is 0 Å². The van der Waals surface area contributed by atoms with Crippen molar-refractivity contribution in [3.05, 3.63) is 0 Å². The lowest BCUT2D eigenvalue weighted by molar-refractivity contribution is -0.135. The normalized spacial score (nSPS) is 27.4. The maximum absolute atomic E-state index is 10.7. The van der Waals surface area contributed by atoms with E-state index in [0.29, 0.717) is 6.04 Å². The molecule has 1 atom stereocenters. The Morgan fingerprint density at radius 1 is 1.44 bits per heavy atom. The monoisotopic (exact) mass is 226 g/mol. The van der Waals surface area contributed by atoms with E-state index < -0.39 is 0 Å². The van der Waals surface area contributed by atoms with Crippen LogP contribution >= 0.6 is 0 Å². The molecule has 2 rings (SSSR count). The molecule has 0 radical (unpaired) electrons. The van der Waals surface area contributed by atoms with E-state index >= 15 is 0 Å². The Morgan fingerprint density at radius 2 is 2.25 bits per heavy atom. The van der Waals surface area contributed by atoms with Crippen LogP contribution in [0.5, 0.6) is 0 Å². The molecule has 0 aromatic rings. The number of carbonyl (C=O) groups is 1. The maximum atomic E-state index is 10.7. The van der Waals surface area contributed by atoms with Crippen LogP contribution in [0.3, 0.4) is 0 Å². The Kier molecular flexibility index (Phi) is 3.82. The molecule has 2 fully saturated rings. The van der Waals surface area contributed by atoms with Crippen molar-refractivity contribution in [1.29, 1.82) is 0 Å². The van der Waals surface area contributed by atoms with E-state index in [9.17, 15) is 4.79 Å². The number of nitrogens with one attached hydrogen (secondary N) is 2. The van der Waals surface area contributed by atoms with Gasteiger partial charge in [-0.05, 0) is 32.1 Å². The first kappa shape index (κ1) is 11.9. The van der Waals surface area contributed by atoms with Crippen molar-refractivity contribution in [3.63, 3.8) is 0 Å². The van der Waals surface area contributed by atoms with Gasteiger partial charge in [0, 0.05) is 32.7 Å². The summed E-state index contributed by atoms with van der Waals surface area (Å²) in [4.78, 5) is 10.7. The first-order valence-electron chi connectivity index (χ1n) is 6.32. The standard InChI is InChI=1S/C12H22N2O2/c1-10(15)13-6-7-14-11-3-8-16-12(9-11)4-2-5-12/h11,14H,2-9H2,1H3,(H,13,15). The first-order valence-corrected chi connectivity index (χ1v) is 6.32. The zero-order chi connectivity index (χ0) is 11.4. The molecule has 0 aromatic carbocycles. The molecule has 0 aromatic heterocycles. The highest BCUT2D eigenvalue weighted by atomic mass is 16.5. The van der Waals surface area contributed by atoms with Gasteiger partial charge in [-0.3, -0.25) is 4.79 Å². The van der Waals surface area contributed by atoms with Gasteiger partial charge in [-0.1, -0.05) is 0 Å². The van der Waals surface area contributed by atoms with E-state index in [-0.39, 0.29) is 11.5 Å². The third kappa shape index (κ3) is 2.95. The van der Waals surface area contributed by atoms with Crippen LogP contribution in [0.2, 0.25) is 0 Å². The highest BCUT2D eigenvalue weighted by molar-refractivity contribution is 5.72. The lowest BCUT2D eigenvalue weighted by Gasteiger charge is -2.47. The van der Waals surface area contributed by atoms with Crippen LogP contribution < -0.4 is 10.6 Å². The fourth-order valence-electron chi connectivity index (χ4n) is 2.64. The molecule has 1 spiro atoms. The Hall–Kier alpha value is -0.610. The van der Waals surface area contributed by atoms with Gasteiger partial charge in [0.05, 0.1) is 5.60 Å². The minimum Gasteiger partial charge on any atom is -0.375 e. The number of hydrogen-bond donors (Lipinski definition) is 2. The van der Waals surface area contributed by atoms with E-state index in [1.807, 2.05) is 0 Å². The zero-order valence-electron chi connectivity index (χ0n) is 10.1. The zero-order valence-corrected chi connectivity index (χ0v) is 10.1. The molecule has 0 bridgehead atoms. The Balaban J connectivity index is 1.64. The molecule has 92 valence electrons. The summed E-state index contributed by atoms with van der Waals surface area (Å²) in [6.45, 7) is 4.02. The maximum Gasteiger partial charge on any atom is 0.216 e. The summed E-state index contributed by atoms with van der Waals surface area (Å²) in [5, 5.41) is 6.31. The number of ether oxygens (including phenoxy) is 1. The Bertz CT molecular complexity index is 251. The van der Waals surface area contributed by atoms with Gasteiger partial charge in [0.2, 0.25) is 5.91 Å². The minimum atomic E-state index is 0.0456. The van der Waals surface area contributed by atoms with Crippen LogP contribution in [0.25, 0.3) is 0 Å². The van der Waals surface area contributed by atoms with Gasteiger partial charge in [0.1, 0.15) is 0 Å². The minimum absolute atomic E-state index is 0.0456. The fraction of sp³-hybridized carbons (Fsp3) is 0.917. The third-order valence-electron chi connectivity index (χ3n) is 3.69. The molecule has 1 unspecified atom stereocenters. The van der Waals surface area contributed by atoms with Gasteiger partial charge < -0.3 is 15.4 Å². The molecule has 1 aliphatic heterocycles. The SMILES string of the molecule is CC(=O)NCCNC1CCOC2(CCC2)C1. The van der Waals surface area contributed by atoms with Crippen LogP contribution in [0.15, 0.2) is 0 Å². The van der Waals surface area contributed by atoms with Crippen LogP contribution in [0, 0.1) is 0 Å². The molecule has 4 nitrogen and oxygen atoms in total. The van der Waals surface area contributed by atoms with Crippen molar-refractivity contribution in [2.24, 2.45) is 0 Å². The molecule has 1 saturated carbocycles. The average molecular weight is 226 g/mol. The van der Waals surface area contributed by atoms with Gasteiger partial charge in [-0.25, -0.2) is 0 Å². The number of hydrogen-bond acceptors (Lipinski definition) is 3. The average Bonchev–Trinajstić information content (AvgIpc) is 2.22. The van der Waals surface area contributed by atoms with Crippen LogP contribution in [-0.4, -0.2) is 37.2 Å². The second kappa shape index (κ2) is 5.15. The second-order valence-corrected chi connectivity index (χ2v) is 5.01. The van der Waals surface area contributed by atoms with E-state index in [0.717, 1.165) is 32.5 Å². The predicted octanol–water partition coefficient (Wildman–Crippen LogP) is 0.814. The molecule has 4 heteroatoms. The Morgan fingerprint density at radius 3 is 2.88 bits per heavy atom. The second-order valence-electron chi connectivity index (χ2n) is 5.01. The smallest absolute Gasteiger partial charge is 0.216 e. The summed E-state index contributed by atoms with van der Waals surface area (Å²) in [6, 6.07) is 0.572. The van der Waals surface area contributed by atoms with E-state index in [1.54, 1.807) is 6.92 Å². The summed E-state index contributed by atoms with van der Waals surface area (Å²) < 4.78 is 5.87. The largest absolute Gasteiger partial charge is 0.375 e. The summed E-state index contributed by atoms with van der Waals surface area (Å²) in [6.07, 6.45) is 6.03. The topological polar surface area (TPSA) is 50.4 Å². The summed E-state index contributed by atoms with van der Waals surface area (Å²) in [5.74, 6) is 0.0456. The van der Waals surface area contributed by atoms with E-state index in [4.69, 9.17) is 4.74 Å². The summed E-state index contributed by atoms with van der Waals surface area (Å²) in [5.41, 5.74) is 0.212. The van der Waals surface area contributed by atoms with Gasteiger partial charge in [-0.15, -0.1) is 0 Å². The van der Waals surface area contributed by atoms with E-state index in [1.165, 1.54) is 19.3 Å². The quantitative estimate of drug-likeness (QED) is 0.698. The van der Waals surface area contributed by atoms with Crippen molar-refractivity contribution in [3.8, 4) is 0 Å². The lowest BCUT2D eigenvalue weighted by atomic mass is 9.74. The molecule has 1 aliphatic carbocycles. The predicted molar refractivity (Wildman–Crippen MR) is 62.2 cm³/mol. The lowest BCUT2D eigenvalue weighted by Crippen LogP contribution is -2.51. The molecule has 2 aliphatic rings. The van der Waals surface area contributed by atoms with Crippen molar-refractivity contribution in [1.82, 2.24) is 10.6 Å². The van der Waals surface area contributed by atoms with Gasteiger partial charge >= 0.3 is 0 Å². The summed E-state index contributed by atoms with van der Waals surface area (Å²) in [7, 11) is 0. The van der Waals surface area contributed by atoms with Crippen molar-refractivity contribution < 1.29 is 9.53 Å². The van der Waals surface area contributed by atoms with Gasteiger partial charge in [0.25, 0.3) is 0 Å². The van der Waals surface area contributed by atoms with E-state index in [2.05, 4.69) is 10.6 Å². The first-order chi connectivity index (χ1) is 7.70. The molecule has 16 heavy (non-hydrogen) atoms. The van der Waals surface area contributed by atoms with Crippen LogP contribution in [-0.2, 0) is 9.53 Å². The van der Waals surface area contributed by atoms with Crippen molar-refractivity contribution >= 4 is 5.91 Å². The van der Waals surface area contributed by atoms with Crippen LogP contribution in [0.4, 0.5) is 0 Å². The van der Waals surface area contributed by atoms with Crippen molar-refractivity contribution in [2.45, 2.75) is 50.7 Å². The van der Waals surface area contributed by atoms with Crippen molar-refractivity contribution in [2.75, 3.05) is 19.7 Å².